The lowest BCUT2D eigenvalue weighted by molar-refractivity contribution is 0.102. The highest BCUT2D eigenvalue weighted by Gasteiger charge is 2.17. The second-order valence-corrected chi connectivity index (χ2v) is 5.87. The van der Waals surface area contributed by atoms with Gasteiger partial charge in [-0.1, -0.05) is 0 Å². The van der Waals surface area contributed by atoms with Crippen LogP contribution >= 0.6 is 11.3 Å². The molecule has 23 heavy (non-hydrogen) atoms. The van der Waals surface area contributed by atoms with Crippen LogP contribution < -0.4 is 10.9 Å². The van der Waals surface area contributed by atoms with Gasteiger partial charge in [0.2, 0.25) is 5.95 Å². The topological polar surface area (TPSA) is 106 Å². The Kier molecular flexibility index (Phi) is 3.78. The van der Waals surface area contributed by atoms with Crippen LogP contribution in [0.1, 0.15) is 27.4 Å². The average molecular weight is 330 g/mol. The van der Waals surface area contributed by atoms with Crippen molar-refractivity contribution in [2.24, 2.45) is 0 Å². The molecule has 0 aliphatic carbocycles. The van der Waals surface area contributed by atoms with Crippen molar-refractivity contribution in [1.29, 1.82) is 0 Å². The third-order valence-corrected chi connectivity index (χ3v) is 4.03. The molecule has 0 atom stereocenters. The van der Waals surface area contributed by atoms with E-state index in [-0.39, 0.29) is 17.4 Å². The lowest BCUT2D eigenvalue weighted by atomic mass is 10.2. The van der Waals surface area contributed by atoms with E-state index in [0.29, 0.717) is 22.1 Å². The van der Waals surface area contributed by atoms with Crippen LogP contribution in [0.3, 0.4) is 0 Å². The Balaban J connectivity index is 1.92. The Bertz CT molecular complexity index is 939. The molecule has 3 rings (SSSR count). The van der Waals surface area contributed by atoms with Gasteiger partial charge >= 0.3 is 0 Å². The van der Waals surface area contributed by atoms with Crippen LogP contribution in [-0.4, -0.2) is 30.6 Å². The number of aromatic amines is 1. The molecule has 2 N–H and O–H groups in total. The van der Waals surface area contributed by atoms with E-state index in [4.69, 9.17) is 0 Å². The number of nitrogens with zero attached hydrogens (tertiary/aromatic N) is 4. The second-order valence-electron chi connectivity index (χ2n) is 5.01. The van der Waals surface area contributed by atoms with E-state index in [1.165, 1.54) is 28.3 Å². The zero-order valence-electron chi connectivity index (χ0n) is 12.7. The van der Waals surface area contributed by atoms with Gasteiger partial charge in [0.05, 0.1) is 23.1 Å². The second kappa shape index (κ2) is 5.76. The van der Waals surface area contributed by atoms with Gasteiger partial charge in [0.1, 0.15) is 0 Å². The van der Waals surface area contributed by atoms with Crippen molar-refractivity contribution in [3.63, 3.8) is 0 Å². The van der Waals surface area contributed by atoms with Gasteiger partial charge in [-0.25, -0.2) is 14.6 Å². The van der Waals surface area contributed by atoms with Crippen LogP contribution in [0.15, 0.2) is 22.4 Å². The van der Waals surface area contributed by atoms with Crippen molar-refractivity contribution in [2.75, 3.05) is 5.32 Å². The number of carbonyl (C=O) groups is 1. The quantitative estimate of drug-likeness (QED) is 0.758. The molecule has 3 aromatic heterocycles. The van der Waals surface area contributed by atoms with Gasteiger partial charge in [0.15, 0.2) is 5.13 Å². The van der Waals surface area contributed by atoms with Crippen LogP contribution in [0.4, 0.5) is 5.13 Å². The highest BCUT2D eigenvalue weighted by Crippen LogP contribution is 2.17. The van der Waals surface area contributed by atoms with Gasteiger partial charge in [0.25, 0.3) is 11.5 Å². The summed E-state index contributed by atoms with van der Waals surface area (Å²) < 4.78 is 1.43. The molecule has 118 valence electrons. The maximum atomic E-state index is 12.3. The first kappa shape index (κ1) is 15.1. The molecule has 0 saturated carbocycles. The zero-order chi connectivity index (χ0) is 16.6. The van der Waals surface area contributed by atoms with Gasteiger partial charge in [-0.2, -0.15) is 5.10 Å². The summed E-state index contributed by atoms with van der Waals surface area (Å²) in [6.07, 6.45) is 1.44. The lowest BCUT2D eigenvalue weighted by Crippen LogP contribution is -2.16. The summed E-state index contributed by atoms with van der Waals surface area (Å²) in [6, 6.07) is 1.39. The average Bonchev–Trinajstić information content (AvgIpc) is 3.04. The van der Waals surface area contributed by atoms with E-state index in [9.17, 15) is 9.59 Å². The van der Waals surface area contributed by atoms with Crippen molar-refractivity contribution in [2.45, 2.75) is 20.8 Å². The number of aryl methyl sites for hydroxylation is 2. The minimum absolute atomic E-state index is 0.272. The number of H-pyrrole nitrogens is 1. The Morgan fingerprint density at radius 2 is 2.04 bits per heavy atom. The van der Waals surface area contributed by atoms with E-state index in [2.05, 4.69) is 25.4 Å². The fourth-order valence-corrected chi connectivity index (χ4v) is 2.77. The fraction of sp³-hybridized carbons (Fsp3) is 0.214. The monoisotopic (exact) mass is 330 g/mol. The van der Waals surface area contributed by atoms with Gasteiger partial charge in [-0.05, 0) is 20.8 Å². The van der Waals surface area contributed by atoms with Crippen LogP contribution in [-0.2, 0) is 0 Å². The van der Waals surface area contributed by atoms with Crippen molar-refractivity contribution in [3.05, 3.63) is 50.6 Å². The Morgan fingerprint density at radius 1 is 1.26 bits per heavy atom. The molecule has 0 bridgehead atoms. The number of carbonyl (C=O) groups excluding carboxylic acids is 1. The third kappa shape index (κ3) is 3.04. The standard InChI is InChI=1S/C14H14N6O2S/c1-7-4-11(21)18-13(16-7)20-9(3)10(5-15-20)12(22)19-14-17-8(2)6-23-14/h4-6H,1-3H3,(H,16,18,21)(H,17,19,22). The first-order valence-corrected chi connectivity index (χ1v) is 7.68. The number of hydrogen-bond donors (Lipinski definition) is 2. The molecule has 1 amide bonds. The highest BCUT2D eigenvalue weighted by molar-refractivity contribution is 7.13. The first-order chi connectivity index (χ1) is 10.9. The molecule has 9 heteroatoms. The smallest absolute Gasteiger partial charge is 0.260 e. The number of aromatic nitrogens is 5. The Labute approximate surface area is 135 Å². The molecule has 0 aliphatic rings. The molecule has 0 unspecified atom stereocenters. The van der Waals surface area contributed by atoms with Gasteiger partial charge < -0.3 is 0 Å². The molecule has 0 spiro atoms. The minimum Gasteiger partial charge on any atom is -0.298 e. The number of hydrogen-bond acceptors (Lipinski definition) is 6. The Morgan fingerprint density at radius 3 is 2.70 bits per heavy atom. The van der Waals surface area contributed by atoms with E-state index in [1.807, 2.05) is 12.3 Å². The predicted molar refractivity (Wildman–Crippen MR) is 86.3 cm³/mol. The molecule has 3 aromatic rings. The van der Waals surface area contributed by atoms with Gasteiger partial charge in [-0.15, -0.1) is 11.3 Å². The molecular formula is C14H14N6O2S. The minimum atomic E-state index is -0.307. The Hall–Kier alpha value is -2.81. The van der Waals surface area contributed by atoms with E-state index in [1.54, 1.807) is 13.8 Å². The maximum absolute atomic E-state index is 12.3. The van der Waals surface area contributed by atoms with E-state index >= 15 is 0 Å². The van der Waals surface area contributed by atoms with E-state index < -0.39 is 0 Å². The molecular weight excluding hydrogens is 316 g/mol. The number of anilines is 1. The van der Waals surface area contributed by atoms with Crippen LogP contribution in [0, 0.1) is 20.8 Å². The summed E-state index contributed by atoms with van der Waals surface area (Å²) >= 11 is 1.36. The summed E-state index contributed by atoms with van der Waals surface area (Å²) in [5, 5.41) is 9.26. The summed E-state index contributed by atoms with van der Waals surface area (Å²) in [4.78, 5) is 34.9. The zero-order valence-corrected chi connectivity index (χ0v) is 13.6. The van der Waals surface area contributed by atoms with E-state index in [0.717, 1.165) is 5.69 Å². The summed E-state index contributed by atoms with van der Waals surface area (Å²) in [5.74, 6) is -0.0326. The number of nitrogens with one attached hydrogen (secondary N) is 2. The van der Waals surface area contributed by atoms with Crippen molar-refractivity contribution in [1.82, 2.24) is 24.7 Å². The van der Waals surface area contributed by atoms with Crippen molar-refractivity contribution >= 4 is 22.4 Å². The summed E-state index contributed by atoms with van der Waals surface area (Å²) in [5.41, 5.74) is 2.11. The normalized spacial score (nSPS) is 10.7. The van der Waals surface area contributed by atoms with Crippen molar-refractivity contribution < 1.29 is 4.79 Å². The van der Waals surface area contributed by atoms with Crippen LogP contribution in [0.25, 0.3) is 5.95 Å². The maximum Gasteiger partial charge on any atom is 0.260 e. The van der Waals surface area contributed by atoms with Crippen LogP contribution in [0.2, 0.25) is 0 Å². The molecule has 0 fully saturated rings. The van der Waals surface area contributed by atoms with Crippen molar-refractivity contribution in [3.8, 4) is 5.95 Å². The summed E-state index contributed by atoms with van der Waals surface area (Å²) in [6.45, 7) is 5.31. The number of thiazole rings is 1. The largest absolute Gasteiger partial charge is 0.298 e. The van der Waals surface area contributed by atoms with Crippen LogP contribution in [0.5, 0.6) is 0 Å². The lowest BCUT2D eigenvalue weighted by Gasteiger charge is -2.05. The summed E-state index contributed by atoms with van der Waals surface area (Å²) in [7, 11) is 0. The molecule has 0 saturated heterocycles. The molecule has 8 nitrogen and oxygen atoms in total. The first-order valence-electron chi connectivity index (χ1n) is 6.80. The number of amides is 1. The molecule has 0 radical (unpaired) electrons. The number of rotatable bonds is 3. The molecule has 0 aromatic carbocycles. The molecule has 0 aliphatic heterocycles. The predicted octanol–water partition coefficient (Wildman–Crippen LogP) is 1.59. The fourth-order valence-electron chi connectivity index (χ4n) is 2.09. The van der Waals surface area contributed by atoms with Gasteiger partial charge in [-0.3, -0.25) is 19.9 Å². The molecule has 3 heterocycles. The third-order valence-electron chi connectivity index (χ3n) is 3.15. The van der Waals surface area contributed by atoms with Gasteiger partial charge in [0, 0.05) is 17.1 Å². The highest BCUT2D eigenvalue weighted by atomic mass is 32.1. The SMILES string of the molecule is Cc1cc(=O)[nH]c(-n2ncc(C(=O)Nc3nc(C)cs3)c2C)n1.